The summed E-state index contributed by atoms with van der Waals surface area (Å²) in [5, 5.41) is 0. The van der Waals surface area contributed by atoms with Crippen LogP contribution < -0.4 is 9.64 Å². The van der Waals surface area contributed by atoms with Crippen LogP contribution in [0.15, 0.2) is 12.4 Å². The Labute approximate surface area is 231 Å². The van der Waals surface area contributed by atoms with Gasteiger partial charge < -0.3 is 24.0 Å². The smallest absolute Gasteiger partial charge is 0.410 e. The van der Waals surface area contributed by atoms with Crippen molar-refractivity contribution in [1.82, 2.24) is 19.2 Å². The molecule has 1 amide bonds. The number of anilines is 1. The fourth-order valence-corrected chi connectivity index (χ4v) is 6.45. The van der Waals surface area contributed by atoms with Crippen molar-refractivity contribution >= 4 is 27.9 Å². The number of piperazine rings is 1. The molecule has 218 valence electrons. The third-order valence-electron chi connectivity index (χ3n) is 7.58. The molecule has 3 heterocycles. The highest BCUT2D eigenvalue weighted by atomic mass is 32.2. The number of ether oxygens (including phenoxy) is 3. The predicted octanol–water partition coefficient (Wildman–Crippen LogP) is 2.44. The highest BCUT2D eigenvalue weighted by Gasteiger charge is 2.43. The zero-order valence-electron chi connectivity index (χ0n) is 23.4. The Balaban J connectivity index is 1.17. The van der Waals surface area contributed by atoms with Crippen LogP contribution >= 0.6 is 0 Å². The summed E-state index contributed by atoms with van der Waals surface area (Å²) in [6.45, 7) is 10.3. The monoisotopic (exact) mass is 567 g/mol. The van der Waals surface area contributed by atoms with E-state index >= 15 is 0 Å². The second kappa shape index (κ2) is 11.8. The molecular formula is C26H41N5O7S. The van der Waals surface area contributed by atoms with Crippen LogP contribution in [-0.2, 0) is 24.3 Å². The van der Waals surface area contributed by atoms with Crippen LogP contribution in [0.1, 0.15) is 59.8 Å². The van der Waals surface area contributed by atoms with E-state index < -0.39 is 21.6 Å². The number of carbonyl (C=O) groups excluding carboxylic acids is 2. The average Bonchev–Trinajstić information content (AvgIpc) is 3.62. The minimum absolute atomic E-state index is 0.0817. The lowest BCUT2D eigenvalue weighted by atomic mass is 9.98. The number of hydrogen-bond acceptors (Lipinski definition) is 10. The molecular weight excluding hydrogens is 526 g/mol. The Kier molecular flexibility index (Phi) is 8.89. The Morgan fingerprint density at radius 1 is 1.05 bits per heavy atom. The molecule has 12 nitrogen and oxygen atoms in total. The van der Waals surface area contributed by atoms with Gasteiger partial charge in [-0.3, -0.25) is 4.79 Å². The average molecular weight is 568 g/mol. The maximum Gasteiger partial charge on any atom is 0.410 e. The molecule has 39 heavy (non-hydrogen) atoms. The van der Waals surface area contributed by atoms with E-state index in [4.69, 9.17) is 14.2 Å². The first kappa shape index (κ1) is 29.3. The first-order valence-corrected chi connectivity index (χ1v) is 15.3. The Morgan fingerprint density at radius 2 is 1.72 bits per heavy atom. The first-order chi connectivity index (χ1) is 18.3. The van der Waals surface area contributed by atoms with Crippen molar-refractivity contribution in [2.24, 2.45) is 5.92 Å². The highest BCUT2D eigenvalue weighted by Crippen LogP contribution is 2.39. The van der Waals surface area contributed by atoms with Crippen LogP contribution in [0.3, 0.4) is 0 Å². The molecule has 2 saturated heterocycles. The van der Waals surface area contributed by atoms with Crippen molar-refractivity contribution < 1.29 is 32.2 Å². The normalized spacial score (nSPS) is 20.4. The third-order valence-corrected chi connectivity index (χ3v) is 9.45. The quantitative estimate of drug-likeness (QED) is 0.388. The molecule has 3 aliphatic rings. The molecule has 3 fully saturated rings. The van der Waals surface area contributed by atoms with E-state index in [1.807, 2.05) is 11.8 Å². The first-order valence-electron chi connectivity index (χ1n) is 13.7. The van der Waals surface area contributed by atoms with Crippen LogP contribution in [0.4, 0.5) is 10.6 Å². The van der Waals surface area contributed by atoms with E-state index in [1.54, 1.807) is 31.1 Å². The van der Waals surface area contributed by atoms with Gasteiger partial charge in [0.25, 0.3) is 0 Å². The molecule has 0 radical (unpaired) electrons. The van der Waals surface area contributed by atoms with Gasteiger partial charge in [0.2, 0.25) is 15.9 Å². The lowest BCUT2D eigenvalue weighted by Crippen LogP contribution is -2.50. The molecule has 1 aromatic heterocycles. The molecule has 0 unspecified atom stereocenters. The summed E-state index contributed by atoms with van der Waals surface area (Å²) in [7, 11) is -3.47. The number of esters is 1. The molecule has 0 N–H and O–H groups in total. The molecule has 0 bridgehead atoms. The number of rotatable bonds is 10. The summed E-state index contributed by atoms with van der Waals surface area (Å²) in [5.41, 5.74) is -1.09. The highest BCUT2D eigenvalue weighted by molar-refractivity contribution is 7.89. The molecule has 2 aliphatic heterocycles. The van der Waals surface area contributed by atoms with E-state index in [9.17, 15) is 18.0 Å². The SMILES string of the molecule is CC(=O)OC(C)(C)CCS(=O)(=O)N1CCN(c2cnc(OCC3CCN(C(=O)OC4(C)CC4)CC3)cn2)CC1. The summed E-state index contributed by atoms with van der Waals surface area (Å²) in [6.07, 6.45) is 6.86. The third kappa shape index (κ3) is 8.41. The van der Waals surface area contributed by atoms with E-state index in [1.165, 1.54) is 11.2 Å². The Morgan fingerprint density at radius 3 is 2.28 bits per heavy atom. The van der Waals surface area contributed by atoms with Crippen LogP contribution in [0.2, 0.25) is 0 Å². The van der Waals surface area contributed by atoms with E-state index in [-0.39, 0.29) is 23.9 Å². The van der Waals surface area contributed by atoms with Gasteiger partial charge in [0.1, 0.15) is 17.0 Å². The number of sulfonamides is 1. The molecule has 1 aromatic rings. The van der Waals surface area contributed by atoms with E-state index in [0.717, 1.165) is 25.7 Å². The van der Waals surface area contributed by atoms with Gasteiger partial charge in [-0.15, -0.1) is 0 Å². The van der Waals surface area contributed by atoms with Crippen molar-refractivity contribution in [3.8, 4) is 5.88 Å². The molecule has 0 spiro atoms. The van der Waals surface area contributed by atoms with Gasteiger partial charge in [-0.2, -0.15) is 4.31 Å². The second-order valence-corrected chi connectivity index (χ2v) is 13.7. The number of carbonyl (C=O) groups is 2. The standard InChI is InChI=1S/C26H41N5O7S/c1-20(32)37-25(2,3)9-16-39(34,35)31-14-12-29(13-15-31)22-17-28-23(18-27-22)36-19-21-5-10-30(11-6-21)24(33)38-26(4)7-8-26/h17-18,21H,5-16,19H2,1-4H3. The van der Waals surface area contributed by atoms with Gasteiger partial charge in [0.15, 0.2) is 0 Å². The summed E-state index contributed by atoms with van der Waals surface area (Å²) < 4.78 is 43.7. The largest absolute Gasteiger partial charge is 0.476 e. The zero-order valence-corrected chi connectivity index (χ0v) is 24.2. The number of likely N-dealkylation sites (tertiary alicyclic amines) is 1. The molecule has 0 aromatic carbocycles. The van der Waals surface area contributed by atoms with Crippen LogP contribution in [0, 0.1) is 5.92 Å². The van der Waals surface area contributed by atoms with Gasteiger partial charge in [-0.25, -0.2) is 23.2 Å². The molecule has 1 saturated carbocycles. The lowest BCUT2D eigenvalue weighted by molar-refractivity contribution is -0.153. The number of hydrogen-bond donors (Lipinski definition) is 0. The summed E-state index contributed by atoms with van der Waals surface area (Å²) in [6, 6.07) is 0. The summed E-state index contributed by atoms with van der Waals surface area (Å²) >= 11 is 0. The Hall–Kier alpha value is -2.67. The van der Waals surface area contributed by atoms with Crippen molar-refractivity contribution in [3.05, 3.63) is 12.4 Å². The van der Waals surface area contributed by atoms with Crippen LogP contribution in [-0.4, -0.2) is 102 Å². The van der Waals surface area contributed by atoms with Crippen molar-refractivity contribution in [2.75, 3.05) is 56.5 Å². The van der Waals surface area contributed by atoms with Crippen molar-refractivity contribution in [1.29, 1.82) is 0 Å². The summed E-state index contributed by atoms with van der Waals surface area (Å²) in [5.74, 6) is 0.944. The van der Waals surface area contributed by atoms with Crippen molar-refractivity contribution in [3.63, 3.8) is 0 Å². The van der Waals surface area contributed by atoms with Crippen LogP contribution in [0.5, 0.6) is 5.88 Å². The molecule has 13 heteroatoms. The molecule has 1 aliphatic carbocycles. The molecule has 0 atom stereocenters. The fraction of sp³-hybridized carbons (Fsp3) is 0.769. The second-order valence-electron chi connectivity index (χ2n) is 11.6. The summed E-state index contributed by atoms with van der Waals surface area (Å²) in [4.78, 5) is 36.2. The minimum Gasteiger partial charge on any atom is -0.476 e. The van der Waals surface area contributed by atoms with Crippen LogP contribution in [0.25, 0.3) is 0 Å². The number of nitrogens with zero attached hydrogens (tertiary/aromatic N) is 5. The number of piperidine rings is 1. The Bertz CT molecular complexity index is 1110. The van der Waals surface area contributed by atoms with Gasteiger partial charge in [-0.1, -0.05) is 0 Å². The van der Waals surface area contributed by atoms with Crippen molar-refractivity contribution in [2.45, 2.75) is 71.0 Å². The lowest BCUT2D eigenvalue weighted by Gasteiger charge is -2.35. The minimum atomic E-state index is -3.47. The van der Waals surface area contributed by atoms with Gasteiger partial charge in [0, 0.05) is 52.6 Å². The van der Waals surface area contributed by atoms with Gasteiger partial charge in [-0.05, 0) is 52.4 Å². The number of amides is 1. The zero-order chi connectivity index (χ0) is 28.3. The number of aromatic nitrogens is 2. The van der Waals surface area contributed by atoms with E-state index in [0.29, 0.717) is 63.5 Å². The maximum absolute atomic E-state index is 12.8. The maximum atomic E-state index is 12.8. The topological polar surface area (TPSA) is 131 Å². The van der Waals surface area contributed by atoms with E-state index in [2.05, 4.69) is 9.97 Å². The fourth-order valence-electron chi connectivity index (χ4n) is 4.73. The van der Waals surface area contributed by atoms with Gasteiger partial charge in [0.05, 0.1) is 24.8 Å². The predicted molar refractivity (Wildman–Crippen MR) is 144 cm³/mol. The van der Waals surface area contributed by atoms with Gasteiger partial charge >= 0.3 is 12.1 Å². The molecule has 4 rings (SSSR count).